The van der Waals surface area contributed by atoms with Gasteiger partial charge in [-0.3, -0.25) is 9.59 Å². The van der Waals surface area contributed by atoms with Crippen LogP contribution in [0.2, 0.25) is 5.02 Å². The van der Waals surface area contributed by atoms with Crippen LogP contribution >= 0.6 is 11.6 Å². The molecule has 0 aliphatic carbocycles. The molecule has 0 bridgehead atoms. The Balaban J connectivity index is 1.84. The molecule has 2 aromatic rings. The highest BCUT2D eigenvalue weighted by Crippen LogP contribution is 2.22. The lowest BCUT2D eigenvalue weighted by atomic mass is 10.2. The molecule has 2 aromatic carbocycles. The van der Waals surface area contributed by atoms with Crippen LogP contribution in [0.4, 0.5) is 5.69 Å². The second-order valence-electron chi connectivity index (χ2n) is 4.90. The molecule has 0 fully saturated rings. The van der Waals surface area contributed by atoms with Crippen molar-refractivity contribution in [2.24, 2.45) is 0 Å². The molecular formula is C17H17ClN2O2. The first-order valence-corrected chi connectivity index (χ1v) is 7.29. The fourth-order valence-corrected chi connectivity index (χ4v) is 2.12. The molecule has 114 valence electrons. The van der Waals surface area contributed by atoms with E-state index in [0.29, 0.717) is 17.3 Å². The van der Waals surface area contributed by atoms with Crippen LogP contribution in [0.3, 0.4) is 0 Å². The van der Waals surface area contributed by atoms with Crippen LogP contribution in [0.1, 0.15) is 17.5 Å². The largest absolute Gasteiger partial charge is 0.352 e. The van der Waals surface area contributed by atoms with Crippen molar-refractivity contribution in [3.8, 4) is 0 Å². The van der Waals surface area contributed by atoms with Gasteiger partial charge in [0, 0.05) is 17.3 Å². The van der Waals surface area contributed by atoms with Gasteiger partial charge in [-0.05, 0) is 30.2 Å². The van der Waals surface area contributed by atoms with Gasteiger partial charge < -0.3 is 10.6 Å². The molecular weight excluding hydrogens is 300 g/mol. The van der Waals surface area contributed by atoms with Crippen molar-refractivity contribution in [2.45, 2.75) is 19.9 Å². The Morgan fingerprint density at radius 3 is 2.45 bits per heavy atom. The molecule has 0 unspecified atom stereocenters. The van der Waals surface area contributed by atoms with E-state index in [1.165, 1.54) is 0 Å². The van der Waals surface area contributed by atoms with Gasteiger partial charge in [0.1, 0.15) is 6.42 Å². The lowest BCUT2D eigenvalue weighted by molar-refractivity contribution is -0.126. The Labute approximate surface area is 134 Å². The summed E-state index contributed by atoms with van der Waals surface area (Å²) in [5.74, 6) is -0.683. The zero-order valence-corrected chi connectivity index (χ0v) is 13.0. The van der Waals surface area contributed by atoms with Gasteiger partial charge in [-0.15, -0.1) is 0 Å². The standard InChI is InChI=1S/C17H17ClN2O2/c1-12-14(18)8-5-9-15(12)20-17(22)10-16(21)19-11-13-6-3-2-4-7-13/h2-9H,10-11H2,1H3,(H,19,21)(H,20,22). The maximum absolute atomic E-state index is 11.9. The minimum absolute atomic E-state index is 0.223. The first kappa shape index (κ1) is 16.0. The molecule has 0 radical (unpaired) electrons. The van der Waals surface area contributed by atoms with Crippen LogP contribution in [-0.2, 0) is 16.1 Å². The number of carbonyl (C=O) groups excluding carboxylic acids is 2. The number of benzene rings is 2. The Bertz CT molecular complexity index is 672. The van der Waals surface area contributed by atoms with E-state index in [2.05, 4.69) is 10.6 Å². The van der Waals surface area contributed by atoms with E-state index in [1.54, 1.807) is 18.2 Å². The van der Waals surface area contributed by atoms with Crippen molar-refractivity contribution >= 4 is 29.1 Å². The van der Waals surface area contributed by atoms with Gasteiger partial charge in [0.2, 0.25) is 11.8 Å². The average Bonchev–Trinajstić information content (AvgIpc) is 2.51. The van der Waals surface area contributed by atoms with Crippen molar-refractivity contribution < 1.29 is 9.59 Å². The lowest BCUT2D eigenvalue weighted by Crippen LogP contribution is -2.27. The number of amides is 2. The van der Waals surface area contributed by atoms with Crippen molar-refractivity contribution in [2.75, 3.05) is 5.32 Å². The third kappa shape index (κ3) is 4.60. The Kier molecular flexibility index (Phi) is 5.55. The molecule has 2 amide bonds. The molecule has 2 N–H and O–H groups in total. The van der Waals surface area contributed by atoms with Gasteiger partial charge in [-0.1, -0.05) is 48.0 Å². The van der Waals surface area contributed by atoms with E-state index in [9.17, 15) is 9.59 Å². The van der Waals surface area contributed by atoms with E-state index in [0.717, 1.165) is 11.1 Å². The van der Waals surface area contributed by atoms with Gasteiger partial charge >= 0.3 is 0 Å². The molecule has 5 heteroatoms. The molecule has 0 heterocycles. The fourth-order valence-electron chi connectivity index (χ4n) is 1.94. The second kappa shape index (κ2) is 7.61. The normalized spacial score (nSPS) is 10.1. The summed E-state index contributed by atoms with van der Waals surface area (Å²) in [6.45, 7) is 2.22. The molecule has 22 heavy (non-hydrogen) atoms. The summed E-state index contributed by atoms with van der Waals surface area (Å²) in [6.07, 6.45) is -0.223. The molecule has 0 atom stereocenters. The minimum atomic E-state index is -0.365. The molecule has 0 saturated heterocycles. The number of anilines is 1. The van der Waals surface area contributed by atoms with Crippen molar-refractivity contribution in [3.05, 3.63) is 64.7 Å². The zero-order valence-electron chi connectivity index (χ0n) is 12.2. The molecule has 4 nitrogen and oxygen atoms in total. The van der Waals surface area contributed by atoms with Crippen LogP contribution in [0, 0.1) is 6.92 Å². The number of nitrogens with one attached hydrogen (secondary N) is 2. The third-order valence-corrected chi connectivity index (χ3v) is 3.60. The monoisotopic (exact) mass is 316 g/mol. The van der Waals surface area contributed by atoms with Crippen molar-refractivity contribution in [1.82, 2.24) is 5.32 Å². The number of rotatable bonds is 5. The van der Waals surface area contributed by atoms with Crippen LogP contribution < -0.4 is 10.6 Å². The number of carbonyl (C=O) groups is 2. The average molecular weight is 317 g/mol. The summed E-state index contributed by atoms with van der Waals surface area (Å²) in [4.78, 5) is 23.7. The maximum atomic E-state index is 11.9. The summed E-state index contributed by atoms with van der Waals surface area (Å²) in [7, 11) is 0. The second-order valence-corrected chi connectivity index (χ2v) is 5.31. The topological polar surface area (TPSA) is 58.2 Å². The van der Waals surface area contributed by atoms with Gasteiger partial charge in [0.15, 0.2) is 0 Å². The van der Waals surface area contributed by atoms with E-state index >= 15 is 0 Å². The highest BCUT2D eigenvalue weighted by molar-refractivity contribution is 6.31. The SMILES string of the molecule is Cc1c(Cl)cccc1NC(=O)CC(=O)NCc1ccccc1. The van der Waals surface area contributed by atoms with Gasteiger partial charge in [0.05, 0.1) is 0 Å². The predicted molar refractivity (Wildman–Crippen MR) is 87.7 cm³/mol. The quantitative estimate of drug-likeness (QED) is 0.832. The highest BCUT2D eigenvalue weighted by Gasteiger charge is 2.11. The minimum Gasteiger partial charge on any atom is -0.352 e. The zero-order chi connectivity index (χ0) is 15.9. The first-order chi connectivity index (χ1) is 10.6. The summed E-state index contributed by atoms with van der Waals surface area (Å²) in [6, 6.07) is 14.8. The predicted octanol–water partition coefficient (Wildman–Crippen LogP) is 3.29. The van der Waals surface area contributed by atoms with E-state index in [-0.39, 0.29) is 18.2 Å². The van der Waals surface area contributed by atoms with Gasteiger partial charge in [-0.25, -0.2) is 0 Å². The van der Waals surface area contributed by atoms with Crippen LogP contribution in [-0.4, -0.2) is 11.8 Å². The summed E-state index contributed by atoms with van der Waals surface area (Å²) in [5, 5.41) is 5.99. The molecule has 0 saturated carbocycles. The van der Waals surface area contributed by atoms with E-state index < -0.39 is 0 Å². The Morgan fingerprint density at radius 2 is 1.73 bits per heavy atom. The Morgan fingerprint density at radius 1 is 1.00 bits per heavy atom. The Hall–Kier alpha value is -2.33. The van der Waals surface area contributed by atoms with E-state index in [4.69, 9.17) is 11.6 Å². The van der Waals surface area contributed by atoms with Gasteiger partial charge in [-0.2, -0.15) is 0 Å². The highest BCUT2D eigenvalue weighted by atomic mass is 35.5. The van der Waals surface area contributed by atoms with Crippen LogP contribution in [0.15, 0.2) is 48.5 Å². The summed E-state index contributed by atoms with van der Waals surface area (Å²) < 4.78 is 0. The summed E-state index contributed by atoms with van der Waals surface area (Å²) in [5.41, 5.74) is 2.39. The third-order valence-electron chi connectivity index (χ3n) is 3.20. The van der Waals surface area contributed by atoms with Crippen molar-refractivity contribution in [3.63, 3.8) is 0 Å². The van der Waals surface area contributed by atoms with E-state index in [1.807, 2.05) is 37.3 Å². The maximum Gasteiger partial charge on any atom is 0.233 e. The van der Waals surface area contributed by atoms with Crippen molar-refractivity contribution in [1.29, 1.82) is 0 Å². The smallest absolute Gasteiger partial charge is 0.233 e. The fraction of sp³-hybridized carbons (Fsp3) is 0.176. The summed E-state index contributed by atoms with van der Waals surface area (Å²) >= 11 is 5.99. The number of halogens is 1. The molecule has 0 spiro atoms. The lowest BCUT2D eigenvalue weighted by Gasteiger charge is -2.09. The molecule has 2 rings (SSSR count). The van der Waals surface area contributed by atoms with Crippen LogP contribution in [0.5, 0.6) is 0 Å². The van der Waals surface area contributed by atoms with Gasteiger partial charge in [0.25, 0.3) is 0 Å². The van der Waals surface area contributed by atoms with Crippen LogP contribution in [0.25, 0.3) is 0 Å². The molecule has 0 aliphatic heterocycles. The molecule has 0 aliphatic rings. The molecule has 0 aromatic heterocycles. The first-order valence-electron chi connectivity index (χ1n) is 6.92. The number of hydrogen-bond donors (Lipinski definition) is 2. The number of hydrogen-bond acceptors (Lipinski definition) is 2.